The number of allylic oxidation sites excluding steroid dienone is 4. The summed E-state index contributed by atoms with van der Waals surface area (Å²) in [5, 5.41) is 0. The van der Waals surface area contributed by atoms with E-state index in [9.17, 15) is 0 Å². The third-order valence-corrected chi connectivity index (χ3v) is 4.59. The van der Waals surface area contributed by atoms with Gasteiger partial charge in [0.15, 0.2) is 0 Å². The minimum Gasteiger partial charge on any atom is -1.00 e. The fraction of sp³-hybridized carbons (Fsp3) is 0.304. The molecule has 0 saturated heterocycles. The largest absolute Gasteiger partial charge is 4.00 e. The SMILES string of the molecule is CCCC1=C(C(c2cccc(C)c2)c2cccc(C)c2)CC=[C-]1.[Cl-].[Cl-].[Cl-].[Ti+4]. The summed E-state index contributed by atoms with van der Waals surface area (Å²) in [6.45, 7) is 6.60. The molecular weight excluding hydrogens is 430 g/mol. The molecule has 0 fully saturated rings. The van der Waals surface area contributed by atoms with Gasteiger partial charge in [-0.25, -0.2) is 5.57 Å². The Labute approximate surface area is 198 Å². The molecule has 1 aliphatic rings. The van der Waals surface area contributed by atoms with Gasteiger partial charge < -0.3 is 37.2 Å². The van der Waals surface area contributed by atoms with E-state index in [0.717, 1.165) is 12.8 Å². The first-order valence-corrected chi connectivity index (χ1v) is 8.62. The van der Waals surface area contributed by atoms with Crippen LogP contribution in [0.15, 0.2) is 65.8 Å². The van der Waals surface area contributed by atoms with E-state index in [-0.39, 0.29) is 58.9 Å². The summed E-state index contributed by atoms with van der Waals surface area (Å²) in [6, 6.07) is 17.9. The third-order valence-electron chi connectivity index (χ3n) is 4.59. The second-order valence-corrected chi connectivity index (χ2v) is 6.57. The van der Waals surface area contributed by atoms with Crippen molar-refractivity contribution in [1.82, 2.24) is 0 Å². The molecule has 0 N–H and O–H groups in total. The molecule has 0 saturated carbocycles. The zero-order valence-corrected chi connectivity index (χ0v) is 19.9. The first-order chi connectivity index (χ1) is 11.2. The molecule has 0 aromatic heterocycles. The molecule has 2 aromatic rings. The predicted molar refractivity (Wildman–Crippen MR) is 98.6 cm³/mol. The Morgan fingerprint density at radius 3 is 1.85 bits per heavy atom. The van der Waals surface area contributed by atoms with Gasteiger partial charge in [0, 0.05) is 0 Å². The van der Waals surface area contributed by atoms with Crippen LogP contribution in [0.4, 0.5) is 0 Å². The molecule has 0 atom stereocenters. The van der Waals surface area contributed by atoms with Crippen LogP contribution in [-0.2, 0) is 21.7 Å². The van der Waals surface area contributed by atoms with Crippen LogP contribution in [0.2, 0.25) is 0 Å². The van der Waals surface area contributed by atoms with Crippen LogP contribution in [0, 0.1) is 19.9 Å². The van der Waals surface area contributed by atoms with Gasteiger partial charge in [0.25, 0.3) is 0 Å². The molecule has 2 aromatic carbocycles. The van der Waals surface area contributed by atoms with Crippen LogP contribution in [-0.4, -0.2) is 0 Å². The Morgan fingerprint density at radius 2 is 1.41 bits per heavy atom. The molecule has 1 aliphatic carbocycles. The van der Waals surface area contributed by atoms with Crippen LogP contribution in [0.1, 0.15) is 54.4 Å². The maximum absolute atomic E-state index is 3.51. The maximum Gasteiger partial charge on any atom is 4.00 e. The predicted octanol–water partition coefficient (Wildman–Crippen LogP) is -2.70. The van der Waals surface area contributed by atoms with E-state index in [2.05, 4.69) is 81.5 Å². The number of hydrogen-bond donors (Lipinski definition) is 0. The minimum absolute atomic E-state index is 0. The summed E-state index contributed by atoms with van der Waals surface area (Å²) in [5.74, 6) is 0.350. The summed E-state index contributed by atoms with van der Waals surface area (Å²) in [7, 11) is 0. The normalized spacial score (nSPS) is 12.0. The van der Waals surface area contributed by atoms with Crippen molar-refractivity contribution in [1.29, 1.82) is 0 Å². The fourth-order valence-electron chi connectivity index (χ4n) is 3.57. The number of rotatable bonds is 5. The smallest absolute Gasteiger partial charge is 1.00 e. The third kappa shape index (κ3) is 7.11. The molecule has 0 amide bonds. The van der Waals surface area contributed by atoms with E-state index in [1.165, 1.54) is 39.8 Å². The Kier molecular flexibility index (Phi) is 14.5. The van der Waals surface area contributed by atoms with Crippen molar-refractivity contribution in [3.63, 3.8) is 0 Å². The first-order valence-electron chi connectivity index (χ1n) is 8.62. The average Bonchev–Trinajstić information content (AvgIpc) is 2.96. The molecule has 0 aliphatic heterocycles. The van der Waals surface area contributed by atoms with Crippen molar-refractivity contribution < 1.29 is 58.9 Å². The Balaban J connectivity index is 0. The Bertz CT molecular complexity index is 720. The average molecular weight is 456 g/mol. The van der Waals surface area contributed by atoms with Crippen LogP contribution >= 0.6 is 0 Å². The Hall–Kier alpha value is -0.496. The molecule has 0 radical (unpaired) electrons. The van der Waals surface area contributed by atoms with Crippen molar-refractivity contribution in [2.75, 3.05) is 0 Å². The molecule has 27 heavy (non-hydrogen) atoms. The first kappa shape index (κ1) is 28.7. The summed E-state index contributed by atoms with van der Waals surface area (Å²) in [4.78, 5) is 0. The molecule has 0 nitrogen and oxygen atoms in total. The number of hydrogen-bond acceptors (Lipinski definition) is 0. The van der Waals surface area contributed by atoms with Gasteiger partial charge in [-0.1, -0.05) is 97.0 Å². The van der Waals surface area contributed by atoms with E-state index < -0.39 is 0 Å². The summed E-state index contributed by atoms with van der Waals surface area (Å²) < 4.78 is 0. The summed E-state index contributed by atoms with van der Waals surface area (Å²) >= 11 is 0. The van der Waals surface area contributed by atoms with Crippen molar-refractivity contribution >= 4 is 0 Å². The Morgan fingerprint density at radius 1 is 0.889 bits per heavy atom. The molecule has 3 rings (SSSR count). The van der Waals surface area contributed by atoms with E-state index in [0.29, 0.717) is 5.92 Å². The second kappa shape index (κ2) is 13.6. The quantitative estimate of drug-likeness (QED) is 0.340. The van der Waals surface area contributed by atoms with Crippen LogP contribution in [0.5, 0.6) is 0 Å². The van der Waals surface area contributed by atoms with Gasteiger partial charge in [-0.15, -0.1) is 0 Å². The van der Waals surface area contributed by atoms with Gasteiger partial charge in [-0.2, -0.15) is 11.6 Å². The van der Waals surface area contributed by atoms with Gasteiger partial charge in [-0.3, -0.25) is 6.08 Å². The van der Waals surface area contributed by atoms with Crippen molar-refractivity contribution in [2.45, 2.75) is 46.0 Å². The molecular formula is C23H25Cl3Ti. The van der Waals surface area contributed by atoms with Gasteiger partial charge in [0.05, 0.1) is 0 Å². The zero-order chi connectivity index (χ0) is 16.2. The van der Waals surface area contributed by atoms with E-state index in [4.69, 9.17) is 0 Å². The minimum atomic E-state index is 0. The van der Waals surface area contributed by atoms with Gasteiger partial charge in [0.1, 0.15) is 0 Å². The number of aryl methyl sites for hydroxylation is 2. The van der Waals surface area contributed by atoms with E-state index in [1.54, 1.807) is 0 Å². The summed E-state index contributed by atoms with van der Waals surface area (Å²) in [6.07, 6.45) is 9.05. The zero-order valence-electron chi connectivity index (χ0n) is 16.0. The van der Waals surface area contributed by atoms with Crippen LogP contribution in [0.25, 0.3) is 0 Å². The van der Waals surface area contributed by atoms with Crippen LogP contribution in [0.3, 0.4) is 0 Å². The molecule has 4 heteroatoms. The van der Waals surface area contributed by atoms with Crippen molar-refractivity contribution in [3.8, 4) is 0 Å². The van der Waals surface area contributed by atoms with Crippen molar-refractivity contribution in [2.24, 2.45) is 0 Å². The second-order valence-electron chi connectivity index (χ2n) is 6.57. The van der Waals surface area contributed by atoms with Gasteiger partial charge >= 0.3 is 21.7 Å². The maximum atomic E-state index is 3.51. The van der Waals surface area contributed by atoms with E-state index >= 15 is 0 Å². The molecule has 0 unspecified atom stereocenters. The van der Waals surface area contributed by atoms with Gasteiger partial charge in [-0.05, 0) is 19.8 Å². The monoisotopic (exact) mass is 454 g/mol. The number of halogens is 3. The molecule has 142 valence electrons. The van der Waals surface area contributed by atoms with Crippen LogP contribution < -0.4 is 37.2 Å². The van der Waals surface area contributed by atoms with Gasteiger partial charge in [0.2, 0.25) is 0 Å². The molecule has 0 spiro atoms. The standard InChI is InChI=1S/C23H25.3ClH.Ti/c1-4-8-19-11-7-14-22(19)23(20-12-5-9-17(2)15-20)21-13-6-10-18(3)16-21;;;;/h5-7,9-10,12-13,15-16,23H,4,8,14H2,1-3H3;3*1H;/q-1;;;;+4/p-3. The van der Waals surface area contributed by atoms with E-state index in [1.807, 2.05) is 0 Å². The number of benzene rings is 2. The van der Waals surface area contributed by atoms with Crippen molar-refractivity contribution in [3.05, 3.63) is 94.1 Å². The molecule has 0 heterocycles. The summed E-state index contributed by atoms with van der Waals surface area (Å²) in [5.41, 5.74) is 8.40. The topological polar surface area (TPSA) is 0 Å². The molecule has 0 bridgehead atoms. The fourth-order valence-corrected chi connectivity index (χ4v) is 3.57.